The Labute approximate surface area is 184 Å². The van der Waals surface area contributed by atoms with E-state index in [2.05, 4.69) is 5.32 Å². The van der Waals surface area contributed by atoms with Crippen molar-refractivity contribution in [2.75, 3.05) is 6.61 Å². The van der Waals surface area contributed by atoms with Gasteiger partial charge in [0.05, 0.1) is 22.7 Å². The summed E-state index contributed by atoms with van der Waals surface area (Å²) in [4.78, 5) is 23.9. The number of ether oxygens (including phenoxy) is 1. The molecule has 11 heteroatoms. The maximum Gasteiger partial charge on any atom is 0.336 e. The third-order valence-corrected chi connectivity index (χ3v) is 5.08. The zero-order valence-electron chi connectivity index (χ0n) is 16.6. The summed E-state index contributed by atoms with van der Waals surface area (Å²) in [5, 5.41) is 14.3. The molecule has 0 amide bonds. The van der Waals surface area contributed by atoms with Crippen molar-refractivity contribution < 1.29 is 32.0 Å². The zero-order valence-corrected chi connectivity index (χ0v) is 17.4. The van der Waals surface area contributed by atoms with Gasteiger partial charge in [0.25, 0.3) is 5.70 Å². The van der Waals surface area contributed by atoms with E-state index in [1.165, 1.54) is 13.8 Å². The maximum absolute atomic E-state index is 14.5. The van der Waals surface area contributed by atoms with Gasteiger partial charge >= 0.3 is 5.97 Å². The molecule has 0 saturated carbocycles. The van der Waals surface area contributed by atoms with Gasteiger partial charge in [-0.3, -0.25) is 10.1 Å². The molecule has 168 valence electrons. The molecule has 1 aliphatic heterocycles. The first-order valence-corrected chi connectivity index (χ1v) is 9.57. The topological polar surface area (TPSA) is 81.5 Å². The van der Waals surface area contributed by atoms with Crippen LogP contribution in [0.3, 0.4) is 0 Å². The molecule has 0 saturated heterocycles. The second kappa shape index (κ2) is 8.99. The number of halogens is 5. The number of esters is 1. The van der Waals surface area contributed by atoms with E-state index >= 15 is 0 Å². The standard InChI is InChI=1S/C21H15ClF4N2O4/c1-3-32-21(29)16-9(2)27-19(18-14(25)7-11(24)8-15(18)26)20(28(30)31)17(16)12-5-4-10(23)6-13(12)22/h4-8,17,27H,3H2,1-2H3. The Morgan fingerprint density at radius 2 is 1.78 bits per heavy atom. The molecule has 0 fully saturated rings. The summed E-state index contributed by atoms with van der Waals surface area (Å²) in [6, 6.07) is 3.71. The first-order valence-electron chi connectivity index (χ1n) is 9.20. The Kier molecular flexibility index (Phi) is 6.54. The second-order valence-corrected chi connectivity index (χ2v) is 7.15. The van der Waals surface area contributed by atoms with Crippen LogP contribution in [0.15, 0.2) is 47.3 Å². The highest BCUT2D eigenvalue weighted by atomic mass is 35.5. The van der Waals surface area contributed by atoms with Crippen molar-refractivity contribution in [3.05, 3.63) is 96.8 Å². The first kappa shape index (κ1) is 23.3. The average molecular weight is 471 g/mol. The smallest absolute Gasteiger partial charge is 0.336 e. The third-order valence-electron chi connectivity index (χ3n) is 4.76. The number of hydrogen-bond donors (Lipinski definition) is 1. The molecule has 3 rings (SSSR count). The summed E-state index contributed by atoms with van der Waals surface area (Å²) in [5.41, 5.74) is -2.72. The quantitative estimate of drug-likeness (QED) is 0.286. The van der Waals surface area contributed by atoms with Crippen molar-refractivity contribution >= 4 is 23.3 Å². The van der Waals surface area contributed by atoms with Crippen molar-refractivity contribution in [1.29, 1.82) is 0 Å². The number of benzene rings is 2. The molecule has 1 heterocycles. The van der Waals surface area contributed by atoms with Crippen LogP contribution in [0.5, 0.6) is 0 Å². The molecule has 2 aromatic carbocycles. The van der Waals surface area contributed by atoms with Crippen molar-refractivity contribution in [3.8, 4) is 0 Å². The summed E-state index contributed by atoms with van der Waals surface area (Å²) in [6.07, 6.45) is 0. The van der Waals surface area contributed by atoms with Crippen LogP contribution >= 0.6 is 11.6 Å². The van der Waals surface area contributed by atoms with E-state index in [-0.39, 0.29) is 28.5 Å². The van der Waals surface area contributed by atoms with Crippen LogP contribution in [-0.2, 0) is 9.53 Å². The molecule has 6 nitrogen and oxygen atoms in total. The number of allylic oxidation sites excluding steroid dienone is 2. The number of carbonyl (C=O) groups is 1. The normalized spacial score (nSPS) is 16.2. The monoisotopic (exact) mass is 470 g/mol. The SMILES string of the molecule is CCOC(=O)C1=C(C)NC(c2c(F)cc(F)cc2F)=C([N+](=O)[O-])C1c1ccc(F)cc1Cl. The number of nitro groups is 1. The van der Waals surface area contributed by atoms with Crippen molar-refractivity contribution in [2.45, 2.75) is 19.8 Å². The Balaban J connectivity index is 2.39. The number of carbonyl (C=O) groups excluding carboxylic acids is 1. The molecule has 1 atom stereocenters. The zero-order chi connectivity index (χ0) is 23.7. The summed E-state index contributed by atoms with van der Waals surface area (Å²) < 4.78 is 61.1. The van der Waals surface area contributed by atoms with E-state index in [0.717, 1.165) is 18.2 Å². The number of nitrogens with zero attached hydrogens (tertiary/aromatic N) is 1. The Bertz CT molecular complexity index is 1170. The van der Waals surface area contributed by atoms with Crippen molar-refractivity contribution in [3.63, 3.8) is 0 Å². The molecule has 1 N–H and O–H groups in total. The summed E-state index contributed by atoms with van der Waals surface area (Å²) in [7, 11) is 0. The van der Waals surface area contributed by atoms with Gasteiger partial charge in [0.1, 0.15) is 34.9 Å². The molecule has 1 aliphatic rings. The number of nitrogens with one attached hydrogen (secondary N) is 1. The summed E-state index contributed by atoms with van der Waals surface area (Å²) in [5.74, 6) is -7.28. The first-order chi connectivity index (χ1) is 15.1. The minimum Gasteiger partial charge on any atom is -0.463 e. The molecule has 1 unspecified atom stereocenters. The molecular weight excluding hydrogens is 456 g/mol. The fraction of sp³-hybridized carbons (Fsp3) is 0.190. The second-order valence-electron chi connectivity index (χ2n) is 6.74. The third kappa shape index (κ3) is 4.18. The number of hydrogen-bond acceptors (Lipinski definition) is 5. The summed E-state index contributed by atoms with van der Waals surface area (Å²) >= 11 is 6.13. The van der Waals surface area contributed by atoms with Gasteiger partial charge in [0, 0.05) is 22.9 Å². The summed E-state index contributed by atoms with van der Waals surface area (Å²) in [6.45, 7) is 2.79. The van der Waals surface area contributed by atoms with Gasteiger partial charge in [-0.15, -0.1) is 0 Å². The van der Waals surface area contributed by atoms with Crippen LogP contribution in [0.1, 0.15) is 30.9 Å². The largest absolute Gasteiger partial charge is 0.463 e. The van der Waals surface area contributed by atoms with Gasteiger partial charge in [-0.2, -0.15) is 0 Å². The lowest BCUT2D eigenvalue weighted by molar-refractivity contribution is -0.428. The molecule has 0 radical (unpaired) electrons. The van der Waals surface area contributed by atoms with E-state index in [0.29, 0.717) is 12.1 Å². The molecule has 0 aromatic heterocycles. The van der Waals surface area contributed by atoms with Crippen LogP contribution in [0.4, 0.5) is 17.6 Å². The van der Waals surface area contributed by atoms with Crippen molar-refractivity contribution in [1.82, 2.24) is 5.32 Å². The van der Waals surface area contributed by atoms with E-state index in [1.807, 2.05) is 0 Å². The number of rotatable bonds is 5. The number of dihydropyridines is 1. The van der Waals surface area contributed by atoms with E-state index in [9.17, 15) is 32.5 Å². The lowest BCUT2D eigenvalue weighted by atomic mass is 9.82. The van der Waals surface area contributed by atoms with Gasteiger partial charge in [0.15, 0.2) is 0 Å². The fourth-order valence-electron chi connectivity index (χ4n) is 3.50. The Morgan fingerprint density at radius 1 is 1.16 bits per heavy atom. The molecule has 0 spiro atoms. The predicted molar refractivity (Wildman–Crippen MR) is 107 cm³/mol. The van der Waals surface area contributed by atoms with E-state index in [4.69, 9.17) is 16.3 Å². The van der Waals surface area contributed by atoms with Crippen LogP contribution in [0.25, 0.3) is 5.70 Å². The van der Waals surface area contributed by atoms with Gasteiger partial charge in [-0.1, -0.05) is 17.7 Å². The minimum atomic E-state index is -1.57. The molecule has 0 bridgehead atoms. The maximum atomic E-state index is 14.5. The van der Waals surface area contributed by atoms with Crippen LogP contribution in [0.2, 0.25) is 5.02 Å². The lowest BCUT2D eigenvalue weighted by Crippen LogP contribution is -2.32. The van der Waals surface area contributed by atoms with Gasteiger partial charge in [0.2, 0.25) is 0 Å². The van der Waals surface area contributed by atoms with Crippen LogP contribution in [0, 0.1) is 33.4 Å². The van der Waals surface area contributed by atoms with Crippen LogP contribution in [-0.4, -0.2) is 17.5 Å². The molecular formula is C21H15ClF4N2O4. The molecule has 0 aliphatic carbocycles. The van der Waals surface area contributed by atoms with Crippen LogP contribution < -0.4 is 5.32 Å². The highest BCUT2D eigenvalue weighted by Gasteiger charge is 2.44. The highest BCUT2D eigenvalue weighted by molar-refractivity contribution is 6.31. The van der Waals surface area contributed by atoms with Gasteiger partial charge in [-0.05, 0) is 31.5 Å². The predicted octanol–water partition coefficient (Wildman–Crippen LogP) is 5.07. The molecule has 2 aromatic rings. The lowest BCUT2D eigenvalue weighted by Gasteiger charge is -2.28. The Morgan fingerprint density at radius 3 is 2.31 bits per heavy atom. The minimum absolute atomic E-state index is 0.0161. The Hall–Kier alpha value is -3.40. The fourth-order valence-corrected chi connectivity index (χ4v) is 3.78. The van der Waals surface area contributed by atoms with Gasteiger partial charge in [-0.25, -0.2) is 22.4 Å². The van der Waals surface area contributed by atoms with Gasteiger partial charge < -0.3 is 10.1 Å². The highest BCUT2D eigenvalue weighted by Crippen LogP contribution is 2.44. The average Bonchev–Trinajstić information content (AvgIpc) is 2.66. The van der Waals surface area contributed by atoms with E-state index in [1.54, 1.807) is 0 Å². The molecule has 32 heavy (non-hydrogen) atoms. The van der Waals surface area contributed by atoms with Crippen molar-refractivity contribution in [2.24, 2.45) is 0 Å². The van der Waals surface area contributed by atoms with E-state index < -0.39 is 57.0 Å².